The van der Waals surface area contributed by atoms with Crippen molar-refractivity contribution in [2.75, 3.05) is 0 Å². The number of nitrogens with one attached hydrogen (secondary N) is 1. The fraction of sp³-hybridized carbons (Fsp3) is 0.200. The van der Waals surface area contributed by atoms with Crippen molar-refractivity contribution < 1.29 is 30.4 Å². The number of alkyl halides is 3. The van der Waals surface area contributed by atoms with Crippen LogP contribution in [-0.2, 0) is 10.0 Å². The first-order valence-corrected chi connectivity index (χ1v) is 8.35. The molecule has 25 heavy (non-hydrogen) atoms. The minimum Gasteiger partial charge on any atom is -0.322 e. The molecule has 0 aliphatic rings. The number of rotatable bonds is 5. The van der Waals surface area contributed by atoms with Gasteiger partial charge in [0.1, 0.15) is 11.6 Å². The van der Waals surface area contributed by atoms with Gasteiger partial charge in [-0.3, -0.25) is 0 Å². The number of hydrogen-bond acceptors (Lipinski definition) is 3. The molecule has 0 aliphatic heterocycles. The van der Waals surface area contributed by atoms with Crippen LogP contribution in [0, 0.1) is 11.6 Å². The fourth-order valence-electron chi connectivity index (χ4n) is 2.13. The molecule has 2 aromatic carbocycles. The standard InChI is InChI=1S/C15H13F5N2O2S/c16-11-5-1-9(2-6-11)13(21)14(10-3-7-12(17)8-4-10)22-25(23,24)15(18,19)20/h1-8,13-14,22H,21H2/t13?,14-/m1/s1. The Hall–Kier alpha value is -2.04. The summed E-state index contributed by atoms with van der Waals surface area (Å²) in [4.78, 5) is 0. The molecule has 1 unspecified atom stereocenters. The van der Waals surface area contributed by atoms with E-state index in [9.17, 15) is 30.4 Å². The summed E-state index contributed by atoms with van der Waals surface area (Å²) in [6.45, 7) is 0. The molecule has 0 aromatic heterocycles. The lowest BCUT2D eigenvalue weighted by Gasteiger charge is -2.26. The van der Waals surface area contributed by atoms with Gasteiger partial charge in [0, 0.05) is 0 Å². The van der Waals surface area contributed by atoms with Crippen LogP contribution in [0.3, 0.4) is 0 Å². The third-order valence-electron chi connectivity index (χ3n) is 3.43. The highest BCUT2D eigenvalue weighted by Gasteiger charge is 2.47. The van der Waals surface area contributed by atoms with E-state index in [4.69, 9.17) is 5.73 Å². The summed E-state index contributed by atoms with van der Waals surface area (Å²) in [5.74, 6) is -1.25. The van der Waals surface area contributed by atoms with Gasteiger partial charge in [-0.2, -0.15) is 17.9 Å². The molecule has 0 heterocycles. The SMILES string of the molecule is NC(c1ccc(F)cc1)[C@H](NS(=O)(=O)C(F)(F)F)c1ccc(F)cc1. The summed E-state index contributed by atoms with van der Waals surface area (Å²) < 4.78 is 88.6. The van der Waals surface area contributed by atoms with Crippen molar-refractivity contribution in [2.45, 2.75) is 17.6 Å². The van der Waals surface area contributed by atoms with Gasteiger partial charge in [0.25, 0.3) is 0 Å². The zero-order valence-corrected chi connectivity index (χ0v) is 13.3. The summed E-state index contributed by atoms with van der Waals surface area (Å²) in [5.41, 5.74) is 0.566. The molecule has 2 aromatic rings. The number of sulfonamides is 1. The summed E-state index contributed by atoms with van der Waals surface area (Å²) >= 11 is 0. The van der Waals surface area contributed by atoms with Gasteiger partial charge in [-0.1, -0.05) is 24.3 Å². The van der Waals surface area contributed by atoms with Gasteiger partial charge < -0.3 is 5.73 Å². The highest BCUT2D eigenvalue weighted by atomic mass is 32.2. The summed E-state index contributed by atoms with van der Waals surface area (Å²) in [7, 11) is -5.71. The highest BCUT2D eigenvalue weighted by Crippen LogP contribution is 2.31. The average Bonchev–Trinajstić information content (AvgIpc) is 2.52. The lowest BCUT2D eigenvalue weighted by molar-refractivity contribution is -0.0451. The molecule has 0 spiro atoms. The van der Waals surface area contributed by atoms with Crippen molar-refractivity contribution in [1.29, 1.82) is 0 Å². The Kier molecular flexibility index (Phi) is 5.45. The Balaban J connectivity index is 2.45. The highest BCUT2D eigenvalue weighted by molar-refractivity contribution is 7.90. The van der Waals surface area contributed by atoms with Crippen molar-refractivity contribution in [3.63, 3.8) is 0 Å². The van der Waals surface area contributed by atoms with Crippen molar-refractivity contribution in [1.82, 2.24) is 4.72 Å². The van der Waals surface area contributed by atoms with Gasteiger partial charge in [-0.25, -0.2) is 17.2 Å². The lowest BCUT2D eigenvalue weighted by atomic mass is 9.95. The Bertz CT molecular complexity index is 820. The minimum absolute atomic E-state index is 0.0195. The van der Waals surface area contributed by atoms with Gasteiger partial charge in [0.05, 0.1) is 12.1 Å². The second kappa shape index (κ2) is 7.06. The Labute approximate surface area is 140 Å². The molecule has 0 saturated heterocycles. The van der Waals surface area contributed by atoms with Gasteiger partial charge in [0.2, 0.25) is 0 Å². The van der Waals surface area contributed by atoms with Gasteiger partial charge in [-0.05, 0) is 35.4 Å². The van der Waals surface area contributed by atoms with Crippen LogP contribution in [-0.4, -0.2) is 13.9 Å². The maximum atomic E-state index is 13.1. The monoisotopic (exact) mass is 380 g/mol. The zero-order valence-electron chi connectivity index (χ0n) is 12.5. The minimum atomic E-state index is -5.71. The second-order valence-corrected chi connectivity index (χ2v) is 6.88. The van der Waals surface area contributed by atoms with E-state index in [1.807, 2.05) is 0 Å². The van der Waals surface area contributed by atoms with E-state index in [2.05, 4.69) is 0 Å². The van der Waals surface area contributed by atoms with E-state index in [1.54, 1.807) is 0 Å². The van der Waals surface area contributed by atoms with Crippen LogP contribution in [0.4, 0.5) is 22.0 Å². The summed E-state index contributed by atoms with van der Waals surface area (Å²) in [5, 5.41) is 0. The predicted molar refractivity (Wildman–Crippen MR) is 80.6 cm³/mol. The van der Waals surface area contributed by atoms with Gasteiger partial charge in [-0.15, -0.1) is 0 Å². The zero-order chi connectivity index (χ0) is 18.8. The fourth-order valence-corrected chi connectivity index (χ4v) is 2.88. The third-order valence-corrected chi connectivity index (χ3v) is 4.60. The van der Waals surface area contributed by atoms with Crippen LogP contribution < -0.4 is 10.5 Å². The van der Waals surface area contributed by atoms with Crippen molar-refractivity contribution in [3.05, 3.63) is 71.3 Å². The van der Waals surface area contributed by atoms with Gasteiger partial charge in [0.15, 0.2) is 0 Å². The van der Waals surface area contributed by atoms with E-state index in [-0.39, 0.29) is 11.1 Å². The maximum absolute atomic E-state index is 13.1. The molecule has 0 amide bonds. The van der Waals surface area contributed by atoms with E-state index >= 15 is 0 Å². The smallest absolute Gasteiger partial charge is 0.322 e. The molecule has 0 fully saturated rings. The molecular weight excluding hydrogens is 367 g/mol. The molecular formula is C15H13F5N2O2S. The van der Waals surface area contributed by atoms with Crippen molar-refractivity contribution in [3.8, 4) is 0 Å². The predicted octanol–water partition coefficient (Wildman–Crippen LogP) is 3.15. The number of halogens is 5. The molecule has 0 radical (unpaired) electrons. The van der Waals surface area contributed by atoms with Crippen molar-refractivity contribution >= 4 is 10.0 Å². The summed E-state index contributed by atoms with van der Waals surface area (Å²) in [6.07, 6.45) is 0. The van der Waals surface area contributed by atoms with E-state index < -0.39 is 39.2 Å². The van der Waals surface area contributed by atoms with Crippen LogP contribution in [0.1, 0.15) is 23.2 Å². The molecule has 0 aliphatic carbocycles. The van der Waals surface area contributed by atoms with E-state index in [0.717, 1.165) is 36.4 Å². The van der Waals surface area contributed by atoms with Crippen LogP contribution in [0.5, 0.6) is 0 Å². The Morgan fingerprint density at radius 1 is 0.840 bits per heavy atom. The van der Waals surface area contributed by atoms with E-state index in [1.165, 1.54) is 16.9 Å². The molecule has 136 valence electrons. The molecule has 2 rings (SSSR count). The normalized spacial score (nSPS) is 15.0. The molecule has 3 N–H and O–H groups in total. The summed E-state index contributed by atoms with van der Waals surface area (Å²) in [6, 6.07) is 5.84. The van der Waals surface area contributed by atoms with Crippen LogP contribution in [0.15, 0.2) is 48.5 Å². The molecule has 0 saturated carbocycles. The average molecular weight is 380 g/mol. The van der Waals surface area contributed by atoms with E-state index in [0.29, 0.717) is 0 Å². The first-order valence-electron chi connectivity index (χ1n) is 6.86. The number of nitrogens with two attached hydrogens (primary N) is 1. The number of hydrogen-bond donors (Lipinski definition) is 2. The largest absolute Gasteiger partial charge is 0.511 e. The topological polar surface area (TPSA) is 72.2 Å². The number of benzene rings is 2. The Morgan fingerprint density at radius 2 is 1.24 bits per heavy atom. The van der Waals surface area contributed by atoms with Crippen molar-refractivity contribution in [2.24, 2.45) is 5.73 Å². The van der Waals surface area contributed by atoms with Crippen LogP contribution in [0.25, 0.3) is 0 Å². The second-order valence-electron chi connectivity index (χ2n) is 5.17. The van der Waals surface area contributed by atoms with Crippen LogP contribution in [0.2, 0.25) is 0 Å². The molecule has 10 heteroatoms. The first-order chi connectivity index (χ1) is 11.5. The van der Waals surface area contributed by atoms with Gasteiger partial charge >= 0.3 is 15.5 Å². The lowest BCUT2D eigenvalue weighted by Crippen LogP contribution is -2.42. The maximum Gasteiger partial charge on any atom is 0.511 e. The molecule has 0 bridgehead atoms. The quantitative estimate of drug-likeness (QED) is 0.783. The third kappa shape index (κ3) is 4.53. The molecule has 2 atom stereocenters. The first kappa shape index (κ1) is 19.3. The Morgan fingerprint density at radius 3 is 1.64 bits per heavy atom. The molecule has 4 nitrogen and oxygen atoms in total. The van der Waals surface area contributed by atoms with Crippen LogP contribution >= 0.6 is 0 Å².